The van der Waals surface area contributed by atoms with Crippen molar-refractivity contribution in [1.29, 1.82) is 0 Å². The molecule has 0 aliphatic carbocycles. The van der Waals surface area contributed by atoms with Crippen LogP contribution in [0.25, 0.3) is 0 Å². The summed E-state index contributed by atoms with van der Waals surface area (Å²) in [5.41, 5.74) is 1.16. The van der Waals surface area contributed by atoms with E-state index in [9.17, 15) is 4.79 Å². The summed E-state index contributed by atoms with van der Waals surface area (Å²) < 4.78 is 11.7. The molecule has 0 saturated heterocycles. The molecule has 0 fully saturated rings. The molecule has 0 bridgehead atoms. The zero-order valence-electron chi connectivity index (χ0n) is 20.8. The summed E-state index contributed by atoms with van der Waals surface area (Å²) in [6.07, 6.45) is 8.51. The number of nitrogens with one attached hydrogen (secondary N) is 1. The molecule has 34 heavy (non-hydrogen) atoms. The van der Waals surface area contributed by atoms with Gasteiger partial charge >= 0.3 is 0 Å². The maximum Gasteiger partial charge on any atom is 0.251 e. The van der Waals surface area contributed by atoms with Crippen LogP contribution in [-0.4, -0.2) is 41.9 Å². The molecular formula is C27H36N2O3S2. The average Bonchev–Trinajstić information content (AvgIpc) is 2.81. The molecule has 0 saturated carbocycles. The third kappa shape index (κ3) is 10.5. The summed E-state index contributed by atoms with van der Waals surface area (Å²) in [5.74, 6) is 2.42. The lowest BCUT2D eigenvalue weighted by molar-refractivity contribution is -0.0667. The van der Waals surface area contributed by atoms with Crippen LogP contribution in [0.1, 0.15) is 68.6 Å². The fourth-order valence-corrected chi connectivity index (χ4v) is 5.12. The molecule has 184 valence electrons. The molecule has 2 aromatic rings. The topological polar surface area (TPSA) is 60.5 Å². The number of benzene rings is 1. The number of terminal acetylenes is 1. The Balaban J connectivity index is 1.73. The summed E-state index contributed by atoms with van der Waals surface area (Å²) in [7, 11) is 3.41. The quantitative estimate of drug-likeness (QED) is 0.242. The van der Waals surface area contributed by atoms with Gasteiger partial charge in [-0.2, -0.15) is 0 Å². The second-order valence-corrected chi connectivity index (χ2v) is 11.8. The van der Waals surface area contributed by atoms with Crippen molar-refractivity contribution in [3.05, 3.63) is 59.8 Å². The maximum atomic E-state index is 12.6. The van der Waals surface area contributed by atoms with Crippen LogP contribution in [0, 0.1) is 12.3 Å². The Morgan fingerprint density at radius 2 is 1.79 bits per heavy atom. The number of nitrogens with zero attached hydrogens (tertiary/aromatic N) is 1. The number of carbonyl (C=O) groups is 1. The SMILES string of the molecule is C#CCOC(C)(C)CCOC(C)(C)CCNC(=O)c1ccc(C(C)SSc2ccccn2)cc1. The number of rotatable bonds is 14. The van der Waals surface area contributed by atoms with E-state index in [-0.39, 0.29) is 22.4 Å². The molecule has 1 amide bonds. The zero-order chi connectivity index (χ0) is 25.0. The van der Waals surface area contributed by atoms with Gasteiger partial charge in [-0.15, -0.1) is 6.42 Å². The second kappa shape index (κ2) is 13.8. The van der Waals surface area contributed by atoms with E-state index in [2.05, 4.69) is 23.1 Å². The number of pyridine rings is 1. The summed E-state index contributed by atoms with van der Waals surface area (Å²) >= 11 is 0. The van der Waals surface area contributed by atoms with Gasteiger partial charge in [-0.3, -0.25) is 4.79 Å². The molecule has 0 spiro atoms. The van der Waals surface area contributed by atoms with Gasteiger partial charge in [0.25, 0.3) is 5.91 Å². The Bertz CT molecular complexity index is 925. The van der Waals surface area contributed by atoms with E-state index in [0.29, 0.717) is 31.7 Å². The van der Waals surface area contributed by atoms with Gasteiger partial charge in [0.05, 0.1) is 17.8 Å². The monoisotopic (exact) mass is 500 g/mol. The normalized spacial score (nSPS) is 12.7. The number of carbonyl (C=O) groups excluding carboxylic acids is 1. The van der Waals surface area contributed by atoms with E-state index in [1.54, 1.807) is 27.8 Å². The van der Waals surface area contributed by atoms with E-state index >= 15 is 0 Å². The smallest absolute Gasteiger partial charge is 0.251 e. The van der Waals surface area contributed by atoms with Crippen LogP contribution in [0.2, 0.25) is 0 Å². The predicted molar refractivity (Wildman–Crippen MR) is 143 cm³/mol. The minimum absolute atomic E-state index is 0.0747. The number of aromatic nitrogens is 1. The lowest BCUT2D eigenvalue weighted by Crippen LogP contribution is -2.34. The van der Waals surface area contributed by atoms with Crippen molar-refractivity contribution in [2.45, 2.75) is 68.9 Å². The first-order valence-electron chi connectivity index (χ1n) is 11.5. The van der Waals surface area contributed by atoms with Crippen molar-refractivity contribution in [2.75, 3.05) is 19.8 Å². The number of ether oxygens (including phenoxy) is 2. The predicted octanol–water partition coefficient (Wildman–Crippen LogP) is 6.32. The first-order valence-corrected chi connectivity index (χ1v) is 13.7. The van der Waals surface area contributed by atoms with Gasteiger partial charge in [-0.25, -0.2) is 4.98 Å². The highest BCUT2D eigenvalue weighted by Gasteiger charge is 2.23. The molecule has 0 aliphatic rings. The van der Waals surface area contributed by atoms with E-state index in [4.69, 9.17) is 15.9 Å². The van der Waals surface area contributed by atoms with Crippen LogP contribution >= 0.6 is 21.6 Å². The molecule has 1 aromatic carbocycles. The average molecular weight is 501 g/mol. The number of amides is 1. The molecule has 0 aliphatic heterocycles. The largest absolute Gasteiger partial charge is 0.375 e. The Hall–Kier alpha value is -1.98. The Labute approximate surface area is 212 Å². The lowest BCUT2D eigenvalue weighted by Gasteiger charge is -2.29. The summed E-state index contributed by atoms with van der Waals surface area (Å²) in [4.78, 5) is 16.9. The Morgan fingerprint density at radius 3 is 2.44 bits per heavy atom. The van der Waals surface area contributed by atoms with Crippen molar-refractivity contribution >= 4 is 27.5 Å². The van der Waals surface area contributed by atoms with Gasteiger partial charge in [0, 0.05) is 23.6 Å². The molecule has 7 heteroatoms. The molecule has 1 unspecified atom stereocenters. The third-order valence-electron chi connectivity index (χ3n) is 5.31. The molecule has 1 aromatic heterocycles. The van der Waals surface area contributed by atoms with E-state index < -0.39 is 0 Å². The molecule has 1 atom stereocenters. The number of hydrogen-bond donors (Lipinski definition) is 1. The summed E-state index contributed by atoms with van der Waals surface area (Å²) in [6.45, 7) is 11.6. The van der Waals surface area contributed by atoms with Gasteiger partial charge in [0.15, 0.2) is 0 Å². The van der Waals surface area contributed by atoms with Crippen molar-refractivity contribution < 1.29 is 14.3 Å². The minimum Gasteiger partial charge on any atom is -0.375 e. The van der Waals surface area contributed by atoms with Gasteiger partial charge < -0.3 is 14.8 Å². The van der Waals surface area contributed by atoms with E-state index in [1.807, 2.05) is 70.2 Å². The molecule has 1 heterocycles. The maximum absolute atomic E-state index is 12.6. The van der Waals surface area contributed by atoms with E-state index in [1.165, 1.54) is 5.56 Å². The molecule has 0 radical (unpaired) electrons. The fraction of sp³-hybridized carbons (Fsp3) is 0.481. The highest BCUT2D eigenvalue weighted by Crippen LogP contribution is 2.41. The first-order chi connectivity index (χ1) is 16.1. The van der Waals surface area contributed by atoms with Gasteiger partial charge in [0.1, 0.15) is 11.6 Å². The molecule has 1 N–H and O–H groups in total. The van der Waals surface area contributed by atoms with Crippen LogP contribution in [0.5, 0.6) is 0 Å². The van der Waals surface area contributed by atoms with Crippen molar-refractivity contribution in [3.8, 4) is 12.3 Å². The number of hydrogen-bond acceptors (Lipinski definition) is 6. The molecule has 5 nitrogen and oxygen atoms in total. The summed E-state index contributed by atoms with van der Waals surface area (Å²) in [5, 5.41) is 4.27. The standard InChI is InChI=1S/C27H36N2O3S2/c1-7-19-31-27(5,6)16-20-32-26(3,4)15-18-29-25(30)23-13-11-22(12-14-23)21(2)33-34-24-10-8-9-17-28-24/h1,8-14,17,21H,15-16,18-20H2,2-6H3,(H,29,30). The van der Waals surface area contributed by atoms with Gasteiger partial charge in [-0.1, -0.05) is 34.9 Å². The molecular weight excluding hydrogens is 464 g/mol. The van der Waals surface area contributed by atoms with Gasteiger partial charge in [0.2, 0.25) is 0 Å². The van der Waals surface area contributed by atoms with E-state index in [0.717, 1.165) is 11.4 Å². The third-order valence-corrected chi connectivity index (χ3v) is 8.05. The minimum atomic E-state index is -0.350. The molecule has 2 rings (SSSR count). The first kappa shape index (κ1) is 28.3. The van der Waals surface area contributed by atoms with Crippen LogP contribution in [-0.2, 0) is 9.47 Å². The van der Waals surface area contributed by atoms with Crippen LogP contribution in [0.15, 0.2) is 53.7 Å². The van der Waals surface area contributed by atoms with Crippen LogP contribution in [0.3, 0.4) is 0 Å². The fourth-order valence-electron chi connectivity index (χ4n) is 3.01. The Kier molecular flexibility index (Phi) is 11.5. The highest BCUT2D eigenvalue weighted by atomic mass is 33.1. The zero-order valence-corrected chi connectivity index (χ0v) is 22.4. The van der Waals surface area contributed by atoms with Crippen molar-refractivity contribution in [2.24, 2.45) is 0 Å². The van der Waals surface area contributed by atoms with Crippen molar-refractivity contribution in [3.63, 3.8) is 0 Å². The van der Waals surface area contributed by atoms with Crippen LogP contribution in [0.4, 0.5) is 0 Å². The lowest BCUT2D eigenvalue weighted by atomic mass is 10.0. The summed E-state index contributed by atoms with van der Waals surface area (Å²) in [6, 6.07) is 13.7. The Morgan fingerprint density at radius 1 is 1.09 bits per heavy atom. The second-order valence-electron chi connectivity index (χ2n) is 9.23. The van der Waals surface area contributed by atoms with Crippen LogP contribution < -0.4 is 5.32 Å². The van der Waals surface area contributed by atoms with Gasteiger partial charge in [-0.05, 0) is 88.1 Å². The highest BCUT2D eigenvalue weighted by molar-refractivity contribution is 8.76. The van der Waals surface area contributed by atoms with Crippen molar-refractivity contribution in [1.82, 2.24) is 10.3 Å².